The summed E-state index contributed by atoms with van der Waals surface area (Å²) >= 11 is 0. The van der Waals surface area contributed by atoms with E-state index < -0.39 is 47.3 Å². The predicted octanol–water partition coefficient (Wildman–Crippen LogP) is 13.1. The van der Waals surface area contributed by atoms with Crippen molar-refractivity contribution in [3.05, 3.63) is 44.5 Å². The molecule has 0 bridgehead atoms. The van der Waals surface area contributed by atoms with Crippen LogP contribution < -0.4 is 53.2 Å². The standard InChI is InChI=1S/C64H88N10O8/c1-7-13-19-25-31-65-51-41(43-37-39-45(51)59(77)73-63(81)49(39)55(69-35-29-23-17-11-5)53(67-33-27-21-15-9-3)47(37)61(79)71-57(43)75)42-44-38-40-46(52(42)66-32-26-20-14-8-2)60(78)74-64(82)50(40)56(70-36-30-24-18-12-6)54(68-34-28-22-16-10-4)48(38)62(80)72-58(44)76/h65-70H,7-36H2,1-6H3,(H,71,75,79)(H,72,76,80)(H,73,77,81)(H,74,78,82). The number of anilines is 6. The number of imide groups is 4. The Morgan fingerprint density at radius 3 is 0.585 bits per heavy atom. The molecule has 0 aromatic heterocycles. The van der Waals surface area contributed by atoms with E-state index in [0.717, 1.165) is 141 Å². The highest BCUT2D eigenvalue weighted by Gasteiger charge is 2.47. The Morgan fingerprint density at radius 2 is 0.378 bits per heavy atom. The third kappa shape index (κ3) is 12.3. The van der Waals surface area contributed by atoms with Crippen molar-refractivity contribution in [1.29, 1.82) is 0 Å². The molecule has 4 aliphatic rings. The summed E-state index contributed by atoms with van der Waals surface area (Å²) in [6.45, 7) is 15.0. The quantitative estimate of drug-likeness (QED) is 0.0149. The van der Waals surface area contributed by atoms with Crippen LogP contribution in [0.3, 0.4) is 0 Å². The fourth-order valence-electron chi connectivity index (χ4n) is 12.4. The third-order valence-corrected chi connectivity index (χ3v) is 16.5. The highest BCUT2D eigenvalue weighted by molar-refractivity contribution is 6.44. The van der Waals surface area contributed by atoms with E-state index in [9.17, 15) is 19.2 Å². The lowest BCUT2D eigenvalue weighted by Gasteiger charge is -2.35. The van der Waals surface area contributed by atoms with Crippen molar-refractivity contribution >= 4 is 103 Å². The van der Waals surface area contributed by atoms with Gasteiger partial charge in [-0.2, -0.15) is 0 Å². The van der Waals surface area contributed by atoms with Crippen LogP contribution in [-0.4, -0.2) is 86.5 Å². The molecule has 4 aromatic rings. The monoisotopic (exact) mass is 1120 g/mol. The van der Waals surface area contributed by atoms with Crippen LogP contribution in [0.25, 0.3) is 32.7 Å². The average molecular weight is 1130 g/mol. The van der Waals surface area contributed by atoms with Crippen LogP contribution in [0.2, 0.25) is 0 Å². The first-order valence-corrected chi connectivity index (χ1v) is 31.2. The van der Waals surface area contributed by atoms with Gasteiger partial charge in [-0.3, -0.25) is 59.6 Å². The van der Waals surface area contributed by atoms with Gasteiger partial charge < -0.3 is 31.9 Å². The molecule has 0 atom stereocenters. The molecule has 8 amide bonds. The summed E-state index contributed by atoms with van der Waals surface area (Å²) in [5.41, 5.74) is 1.51. The molecule has 4 aromatic carbocycles. The van der Waals surface area contributed by atoms with Crippen LogP contribution in [-0.2, 0) is 0 Å². The Morgan fingerprint density at radius 1 is 0.207 bits per heavy atom. The first-order valence-electron chi connectivity index (χ1n) is 31.2. The van der Waals surface area contributed by atoms with Gasteiger partial charge in [0.15, 0.2) is 0 Å². The smallest absolute Gasteiger partial charge is 0.260 e. The Bertz CT molecular complexity index is 2940. The maximum atomic E-state index is 15.5. The van der Waals surface area contributed by atoms with Crippen LogP contribution in [0, 0.1) is 0 Å². The van der Waals surface area contributed by atoms with E-state index in [1.807, 2.05) is 0 Å². The molecule has 10 N–H and O–H groups in total. The second kappa shape index (κ2) is 28.6. The summed E-state index contributed by atoms with van der Waals surface area (Å²) in [4.78, 5) is 121. The van der Waals surface area contributed by atoms with Crippen LogP contribution in [0.4, 0.5) is 34.1 Å². The summed E-state index contributed by atoms with van der Waals surface area (Å²) in [6.07, 6.45) is 21.2. The van der Waals surface area contributed by atoms with Gasteiger partial charge >= 0.3 is 0 Å². The van der Waals surface area contributed by atoms with E-state index >= 15 is 19.2 Å². The Kier molecular flexibility index (Phi) is 21.3. The van der Waals surface area contributed by atoms with E-state index in [1.54, 1.807) is 0 Å². The summed E-state index contributed by atoms with van der Waals surface area (Å²) in [5, 5.41) is 32.1. The van der Waals surface area contributed by atoms with Gasteiger partial charge in [-0.05, 0) is 38.5 Å². The summed E-state index contributed by atoms with van der Waals surface area (Å²) in [5.74, 6) is -6.20. The van der Waals surface area contributed by atoms with Crippen LogP contribution >= 0.6 is 0 Å². The lowest BCUT2D eigenvalue weighted by atomic mass is 9.75. The number of benzene rings is 4. The van der Waals surface area contributed by atoms with Crippen molar-refractivity contribution in [2.24, 2.45) is 0 Å². The van der Waals surface area contributed by atoms with E-state index in [1.165, 1.54) is 0 Å². The van der Waals surface area contributed by atoms with E-state index in [2.05, 4.69) is 94.7 Å². The lowest BCUT2D eigenvalue weighted by Crippen LogP contribution is -2.42. The van der Waals surface area contributed by atoms with Crippen molar-refractivity contribution in [1.82, 2.24) is 21.3 Å². The Labute approximate surface area is 483 Å². The van der Waals surface area contributed by atoms with Crippen molar-refractivity contribution in [2.45, 2.75) is 196 Å². The summed E-state index contributed by atoms with van der Waals surface area (Å²) in [7, 11) is 0. The minimum atomic E-state index is -0.855. The molecule has 18 nitrogen and oxygen atoms in total. The Balaban J connectivity index is 1.58. The molecular weight excluding hydrogens is 1040 g/mol. The van der Waals surface area contributed by atoms with Crippen molar-refractivity contribution in [3.63, 3.8) is 0 Å². The Hall–Kier alpha value is -7.24. The second-order valence-electron chi connectivity index (χ2n) is 22.6. The molecule has 0 spiro atoms. The van der Waals surface area contributed by atoms with Crippen molar-refractivity contribution in [3.8, 4) is 11.1 Å². The average Bonchev–Trinajstić information content (AvgIpc) is 1.36. The number of rotatable bonds is 37. The highest BCUT2D eigenvalue weighted by Crippen LogP contribution is 2.56. The molecule has 0 saturated carbocycles. The summed E-state index contributed by atoms with van der Waals surface area (Å²) < 4.78 is 0. The topological polar surface area (TPSA) is 257 Å². The minimum absolute atomic E-state index is 0.0203. The zero-order valence-corrected chi connectivity index (χ0v) is 49.5. The fourth-order valence-corrected chi connectivity index (χ4v) is 12.4. The molecule has 0 radical (unpaired) electrons. The maximum absolute atomic E-state index is 15.5. The second-order valence-corrected chi connectivity index (χ2v) is 22.6. The number of hydrogen-bond donors (Lipinski definition) is 10. The molecule has 0 saturated heterocycles. The van der Waals surface area contributed by atoms with Gasteiger partial charge in [-0.1, -0.05) is 157 Å². The van der Waals surface area contributed by atoms with Gasteiger partial charge in [0.05, 0.1) is 78.6 Å². The number of hydrogen-bond acceptors (Lipinski definition) is 14. The third-order valence-electron chi connectivity index (χ3n) is 16.5. The lowest BCUT2D eigenvalue weighted by molar-refractivity contribution is 0.0824. The maximum Gasteiger partial charge on any atom is 0.260 e. The summed E-state index contributed by atoms with van der Waals surface area (Å²) in [6, 6.07) is 0. The molecule has 4 heterocycles. The molecular formula is C64H88N10O8. The molecule has 442 valence electrons. The number of nitrogens with one attached hydrogen (secondary N) is 10. The number of carbonyl (C=O) groups is 8. The van der Waals surface area contributed by atoms with Crippen LogP contribution in [0.5, 0.6) is 0 Å². The highest BCUT2D eigenvalue weighted by atomic mass is 16.2. The molecule has 0 fully saturated rings. The normalized spacial score (nSPS) is 14.1. The SMILES string of the molecule is CCCCCCNc1c(NCCCCCC)c2c3c(c(-c4c(NCCCCCC)c5c6c(c(NCCCCCC)c(NCCCCCC)c7c6c4C(=O)NC7=O)C(=O)NC5=O)c(NCCCCCC)c4c3c1C(=O)NC4=O)C(=O)NC2=O. The molecule has 4 aliphatic heterocycles. The zero-order valence-electron chi connectivity index (χ0n) is 49.5. The minimum Gasteiger partial charge on any atom is -0.384 e. The van der Waals surface area contributed by atoms with Crippen molar-refractivity contribution in [2.75, 3.05) is 71.2 Å². The number of unbranched alkanes of at least 4 members (excludes halogenated alkanes) is 18. The van der Waals surface area contributed by atoms with Gasteiger partial charge in [0, 0.05) is 71.9 Å². The van der Waals surface area contributed by atoms with Crippen LogP contribution in [0.15, 0.2) is 0 Å². The largest absolute Gasteiger partial charge is 0.384 e. The molecule has 0 unspecified atom stereocenters. The van der Waals surface area contributed by atoms with E-state index in [4.69, 9.17) is 0 Å². The van der Waals surface area contributed by atoms with Gasteiger partial charge in [-0.25, -0.2) is 0 Å². The molecule has 82 heavy (non-hydrogen) atoms. The fraction of sp³-hybridized carbons (Fsp3) is 0.562. The van der Waals surface area contributed by atoms with Gasteiger partial charge in [-0.15, -0.1) is 0 Å². The van der Waals surface area contributed by atoms with Gasteiger partial charge in [0.25, 0.3) is 47.3 Å². The van der Waals surface area contributed by atoms with Gasteiger partial charge in [0.2, 0.25) is 0 Å². The molecule has 0 aliphatic carbocycles. The number of amides is 8. The molecule has 8 rings (SSSR count). The zero-order chi connectivity index (χ0) is 58.5. The molecule has 18 heteroatoms. The first-order chi connectivity index (χ1) is 39.9. The first kappa shape index (κ1) is 60.8. The van der Waals surface area contributed by atoms with Crippen molar-refractivity contribution < 1.29 is 38.4 Å². The predicted molar refractivity (Wildman–Crippen MR) is 330 cm³/mol. The van der Waals surface area contributed by atoms with E-state index in [-0.39, 0.29) is 102 Å². The van der Waals surface area contributed by atoms with E-state index in [0.29, 0.717) is 61.8 Å². The number of carbonyl (C=O) groups excluding carboxylic acids is 8. The van der Waals surface area contributed by atoms with Crippen LogP contribution in [0.1, 0.15) is 279 Å². The van der Waals surface area contributed by atoms with Gasteiger partial charge in [0.1, 0.15) is 0 Å².